The molecule has 0 aromatic carbocycles. The second-order valence-corrected chi connectivity index (χ2v) is 2.21. The Bertz CT molecular complexity index is 67.0. The van der Waals surface area contributed by atoms with E-state index in [4.69, 9.17) is 0 Å². The Morgan fingerprint density at radius 1 is 1.44 bits per heavy atom. The molecule has 0 aliphatic rings. The van der Waals surface area contributed by atoms with Crippen LogP contribution in [-0.4, -0.2) is 0 Å². The largest absolute Gasteiger partial charge is 1.00 e. The Morgan fingerprint density at radius 2 is 2.00 bits per heavy atom. The molecule has 9 heavy (non-hydrogen) atoms. The molecule has 0 saturated heterocycles. The van der Waals surface area contributed by atoms with Crippen LogP contribution in [0, 0.1) is 6.92 Å². The third kappa shape index (κ3) is 11.7. The van der Waals surface area contributed by atoms with Gasteiger partial charge in [-0.1, -0.05) is 32.6 Å². The van der Waals surface area contributed by atoms with Crippen LogP contribution in [-0.2, 0) is 0 Å². The van der Waals surface area contributed by atoms with Crippen molar-refractivity contribution in [2.45, 2.75) is 32.6 Å². The first-order chi connectivity index (χ1) is 3.77. The van der Waals surface area contributed by atoms with E-state index in [2.05, 4.69) is 20.4 Å². The molecule has 0 radical (unpaired) electrons. The summed E-state index contributed by atoms with van der Waals surface area (Å²) >= 11 is 0. The van der Waals surface area contributed by atoms with Gasteiger partial charge >= 0.3 is 18.9 Å². The summed E-state index contributed by atoms with van der Waals surface area (Å²) < 4.78 is 0. The van der Waals surface area contributed by atoms with Crippen molar-refractivity contribution >= 4 is 0 Å². The van der Waals surface area contributed by atoms with E-state index in [1.807, 2.05) is 0 Å². The van der Waals surface area contributed by atoms with Gasteiger partial charge in [0.25, 0.3) is 0 Å². The van der Waals surface area contributed by atoms with E-state index in [9.17, 15) is 0 Å². The average Bonchev–Trinajstić information content (AvgIpc) is 1.66. The van der Waals surface area contributed by atoms with Gasteiger partial charge in [-0.3, -0.25) is 0 Å². The first-order valence-electron chi connectivity index (χ1n) is 3.27. The molecule has 0 nitrogen and oxygen atoms in total. The minimum atomic E-state index is 0. The van der Waals surface area contributed by atoms with Gasteiger partial charge in [0.1, 0.15) is 0 Å². The maximum absolute atomic E-state index is 3.72. The predicted octanol–water partition coefficient (Wildman–Crippen LogP) is -0.0390. The van der Waals surface area contributed by atoms with Gasteiger partial charge in [-0.25, -0.2) is 19.1 Å². The van der Waals surface area contributed by atoms with Crippen molar-refractivity contribution in [1.82, 2.24) is 0 Å². The van der Waals surface area contributed by atoms with E-state index in [0.717, 1.165) is 12.0 Å². The van der Waals surface area contributed by atoms with Crippen molar-refractivity contribution in [2.75, 3.05) is 0 Å². The first kappa shape index (κ1) is 11.9. The van der Waals surface area contributed by atoms with Crippen LogP contribution in [0.4, 0.5) is 0 Å². The fraction of sp³-hybridized carbons (Fsp3) is 0.625. The van der Waals surface area contributed by atoms with Crippen molar-refractivity contribution in [1.29, 1.82) is 0 Å². The standard InChI is InChI=1S/C8H15.Li/c1-4-5-6-7-8(2)3;/h2-7H2,1H3;/q-1;+1. The van der Waals surface area contributed by atoms with E-state index in [0.29, 0.717) is 0 Å². The Morgan fingerprint density at radius 3 is 2.33 bits per heavy atom. The maximum atomic E-state index is 3.72. The molecule has 48 valence electrons. The van der Waals surface area contributed by atoms with E-state index in [1.54, 1.807) is 0 Å². The van der Waals surface area contributed by atoms with Gasteiger partial charge in [-0.05, 0) is 0 Å². The average molecular weight is 118 g/mol. The molecule has 0 bridgehead atoms. The van der Waals surface area contributed by atoms with Gasteiger partial charge in [0.05, 0.1) is 0 Å². The monoisotopic (exact) mass is 118 g/mol. The second kappa shape index (κ2) is 8.21. The summed E-state index contributed by atoms with van der Waals surface area (Å²) in [5.74, 6) is 0. The Hall–Kier alpha value is 0.207. The van der Waals surface area contributed by atoms with E-state index < -0.39 is 0 Å². The van der Waals surface area contributed by atoms with Crippen LogP contribution in [0.25, 0.3) is 0 Å². The van der Waals surface area contributed by atoms with Gasteiger partial charge < -0.3 is 0 Å². The molecule has 0 aromatic heterocycles. The zero-order valence-electron chi connectivity index (χ0n) is 6.74. The molecule has 0 spiro atoms. The van der Waals surface area contributed by atoms with E-state index >= 15 is 0 Å². The van der Waals surface area contributed by atoms with Crippen molar-refractivity contribution in [3.8, 4) is 0 Å². The van der Waals surface area contributed by atoms with Gasteiger partial charge in [0, 0.05) is 0 Å². The van der Waals surface area contributed by atoms with Crippen LogP contribution >= 0.6 is 0 Å². The summed E-state index contributed by atoms with van der Waals surface area (Å²) in [6, 6.07) is 0. The van der Waals surface area contributed by atoms with E-state index in [1.165, 1.54) is 19.3 Å². The Kier molecular flexibility index (Phi) is 10.9. The molecule has 0 unspecified atom stereocenters. The summed E-state index contributed by atoms with van der Waals surface area (Å²) in [7, 11) is 0. The maximum Gasteiger partial charge on any atom is 1.00 e. The minimum Gasteiger partial charge on any atom is -0.242 e. The second-order valence-electron chi connectivity index (χ2n) is 2.21. The van der Waals surface area contributed by atoms with Gasteiger partial charge in [0.2, 0.25) is 0 Å². The SMILES string of the molecule is C=C([CH2-])CCCCC.[Li+]. The molecule has 0 aliphatic heterocycles. The molecular formula is C8H15Li. The summed E-state index contributed by atoms with van der Waals surface area (Å²) in [6.07, 6.45) is 4.97. The third-order valence-corrected chi connectivity index (χ3v) is 1.13. The van der Waals surface area contributed by atoms with Crippen LogP contribution in [0.2, 0.25) is 0 Å². The molecule has 0 N–H and O–H groups in total. The Balaban J connectivity index is 0. The smallest absolute Gasteiger partial charge is 0.242 e. The molecule has 0 aromatic rings. The number of hydrogen-bond donors (Lipinski definition) is 0. The normalized spacial score (nSPS) is 8.11. The molecule has 0 amide bonds. The fourth-order valence-corrected chi connectivity index (χ4v) is 0.625. The zero-order valence-corrected chi connectivity index (χ0v) is 6.74. The summed E-state index contributed by atoms with van der Waals surface area (Å²) in [5, 5.41) is 0. The zero-order chi connectivity index (χ0) is 6.41. The van der Waals surface area contributed by atoms with Crippen LogP contribution in [0.15, 0.2) is 12.2 Å². The van der Waals surface area contributed by atoms with Crippen LogP contribution in [0.5, 0.6) is 0 Å². The minimum absolute atomic E-state index is 0. The van der Waals surface area contributed by atoms with Crippen LogP contribution < -0.4 is 18.9 Å². The van der Waals surface area contributed by atoms with Crippen LogP contribution in [0.3, 0.4) is 0 Å². The molecule has 0 heterocycles. The molecule has 0 rings (SSSR count). The van der Waals surface area contributed by atoms with Crippen molar-refractivity contribution < 1.29 is 18.9 Å². The number of rotatable bonds is 4. The first-order valence-corrected chi connectivity index (χ1v) is 3.27. The third-order valence-electron chi connectivity index (χ3n) is 1.13. The number of hydrogen-bond acceptors (Lipinski definition) is 0. The molecule has 0 aliphatic carbocycles. The molecule has 1 heteroatoms. The Labute approximate surface area is 70.9 Å². The van der Waals surface area contributed by atoms with Gasteiger partial charge in [-0.15, -0.1) is 0 Å². The summed E-state index contributed by atoms with van der Waals surface area (Å²) in [5.41, 5.74) is 1.07. The summed E-state index contributed by atoms with van der Waals surface area (Å²) in [4.78, 5) is 0. The van der Waals surface area contributed by atoms with E-state index in [-0.39, 0.29) is 18.9 Å². The summed E-state index contributed by atoms with van der Waals surface area (Å²) in [6.45, 7) is 9.63. The quantitative estimate of drug-likeness (QED) is 0.276. The molecular weight excluding hydrogens is 103 g/mol. The number of allylic oxidation sites excluding steroid dienone is 1. The van der Waals surface area contributed by atoms with Crippen LogP contribution in [0.1, 0.15) is 32.6 Å². The van der Waals surface area contributed by atoms with Crippen molar-refractivity contribution in [3.63, 3.8) is 0 Å². The molecule has 0 fully saturated rings. The number of unbranched alkanes of at least 4 members (excludes halogenated alkanes) is 2. The molecule has 0 saturated carbocycles. The van der Waals surface area contributed by atoms with Gasteiger partial charge in [-0.2, -0.15) is 0 Å². The predicted molar refractivity (Wildman–Crippen MR) is 38.6 cm³/mol. The van der Waals surface area contributed by atoms with Crippen molar-refractivity contribution in [3.05, 3.63) is 19.1 Å². The van der Waals surface area contributed by atoms with Gasteiger partial charge in [0.15, 0.2) is 0 Å². The topological polar surface area (TPSA) is 0 Å². The molecule has 0 atom stereocenters. The van der Waals surface area contributed by atoms with Crippen molar-refractivity contribution in [2.24, 2.45) is 0 Å². The fourth-order valence-electron chi connectivity index (χ4n) is 0.625.